The number of nitrogens with one attached hydrogen (secondary N) is 1. The molecule has 0 saturated carbocycles. The average molecular weight is 392 g/mol. The lowest BCUT2D eigenvalue weighted by Crippen LogP contribution is -2.15. The van der Waals surface area contributed by atoms with Crippen molar-refractivity contribution in [1.29, 1.82) is 0 Å². The number of carbonyl (C=O) groups excluding carboxylic acids is 1. The molecule has 0 bridgehead atoms. The standard InChI is InChI=1S/C18H20N2O6S/c1-24-14-7-4-12(10-16(14)26-3)5-9-18(21)20-13-6-8-15(25-2)17(11-13)27(19,22)23/h4-11H,1-3H3,(H,20,21)(H2,19,22,23)/b9-5+. The van der Waals surface area contributed by atoms with Crippen molar-refractivity contribution in [3.8, 4) is 17.2 Å². The largest absolute Gasteiger partial charge is 0.495 e. The summed E-state index contributed by atoms with van der Waals surface area (Å²) in [5.41, 5.74) is 0.990. The van der Waals surface area contributed by atoms with Crippen molar-refractivity contribution < 1.29 is 27.4 Å². The number of methoxy groups -OCH3 is 3. The topological polar surface area (TPSA) is 117 Å². The number of carbonyl (C=O) groups is 1. The van der Waals surface area contributed by atoms with Crippen LogP contribution in [0.2, 0.25) is 0 Å². The Balaban J connectivity index is 2.17. The zero-order valence-electron chi connectivity index (χ0n) is 15.1. The van der Waals surface area contributed by atoms with Gasteiger partial charge in [-0.2, -0.15) is 0 Å². The van der Waals surface area contributed by atoms with Crippen LogP contribution in [0.15, 0.2) is 47.4 Å². The summed E-state index contributed by atoms with van der Waals surface area (Å²) in [6.07, 6.45) is 2.89. The molecule has 144 valence electrons. The first kappa shape index (κ1) is 20.3. The van der Waals surface area contributed by atoms with Crippen molar-refractivity contribution in [1.82, 2.24) is 0 Å². The lowest BCUT2D eigenvalue weighted by Gasteiger charge is -2.09. The lowest BCUT2D eigenvalue weighted by atomic mass is 10.2. The van der Waals surface area contributed by atoms with Gasteiger partial charge in [-0.05, 0) is 42.0 Å². The molecule has 2 rings (SSSR count). The summed E-state index contributed by atoms with van der Waals surface area (Å²) in [6.45, 7) is 0. The maximum atomic E-state index is 12.1. The number of anilines is 1. The number of hydrogen-bond donors (Lipinski definition) is 2. The minimum atomic E-state index is -3.99. The Morgan fingerprint density at radius 3 is 2.19 bits per heavy atom. The molecule has 3 N–H and O–H groups in total. The molecule has 0 aliphatic heterocycles. The van der Waals surface area contributed by atoms with E-state index in [-0.39, 0.29) is 16.3 Å². The van der Waals surface area contributed by atoms with Crippen molar-refractivity contribution in [3.05, 3.63) is 48.0 Å². The van der Waals surface area contributed by atoms with Crippen LogP contribution in [0.1, 0.15) is 5.56 Å². The van der Waals surface area contributed by atoms with Gasteiger partial charge in [0.25, 0.3) is 0 Å². The predicted molar refractivity (Wildman–Crippen MR) is 102 cm³/mol. The Hall–Kier alpha value is -3.04. The van der Waals surface area contributed by atoms with E-state index in [0.717, 1.165) is 5.56 Å². The van der Waals surface area contributed by atoms with E-state index >= 15 is 0 Å². The number of hydrogen-bond acceptors (Lipinski definition) is 6. The van der Waals surface area contributed by atoms with Crippen LogP contribution >= 0.6 is 0 Å². The number of sulfonamides is 1. The van der Waals surface area contributed by atoms with Crippen LogP contribution in [0.3, 0.4) is 0 Å². The molecule has 1 amide bonds. The Morgan fingerprint density at radius 1 is 0.963 bits per heavy atom. The maximum absolute atomic E-state index is 12.1. The first-order valence-electron chi connectivity index (χ1n) is 7.70. The highest BCUT2D eigenvalue weighted by atomic mass is 32.2. The van der Waals surface area contributed by atoms with Gasteiger partial charge < -0.3 is 19.5 Å². The molecule has 8 nitrogen and oxygen atoms in total. The summed E-state index contributed by atoms with van der Waals surface area (Å²) in [5.74, 6) is 0.757. The number of nitrogens with two attached hydrogens (primary N) is 1. The van der Waals surface area contributed by atoms with Gasteiger partial charge in [0.05, 0.1) is 21.3 Å². The fraction of sp³-hybridized carbons (Fsp3) is 0.167. The number of primary sulfonamides is 1. The van der Waals surface area contributed by atoms with E-state index in [4.69, 9.17) is 19.3 Å². The summed E-state index contributed by atoms with van der Waals surface area (Å²) < 4.78 is 38.6. The van der Waals surface area contributed by atoms with Crippen molar-refractivity contribution >= 4 is 27.7 Å². The van der Waals surface area contributed by atoms with Gasteiger partial charge in [-0.3, -0.25) is 4.79 Å². The van der Waals surface area contributed by atoms with Gasteiger partial charge in [0.15, 0.2) is 11.5 Å². The van der Waals surface area contributed by atoms with Crippen LogP contribution in [0.5, 0.6) is 17.2 Å². The molecule has 9 heteroatoms. The second-order valence-electron chi connectivity index (χ2n) is 5.35. The SMILES string of the molecule is COc1ccc(/C=C/C(=O)Nc2ccc(OC)c(S(N)(=O)=O)c2)cc1OC. The quantitative estimate of drug-likeness (QED) is 0.696. The van der Waals surface area contributed by atoms with Gasteiger partial charge >= 0.3 is 0 Å². The van der Waals surface area contributed by atoms with Crippen molar-refractivity contribution in [3.63, 3.8) is 0 Å². The molecule has 0 saturated heterocycles. The molecule has 27 heavy (non-hydrogen) atoms. The van der Waals surface area contributed by atoms with Crippen LogP contribution in [0.4, 0.5) is 5.69 Å². The van der Waals surface area contributed by atoms with Crippen molar-refractivity contribution in [2.45, 2.75) is 4.90 Å². The Labute approximate surface area is 157 Å². The van der Waals surface area contributed by atoms with E-state index in [0.29, 0.717) is 11.5 Å². The molecule has 0 unspecified atom stereocenters. The molecule has 0 aliphatic carbocycles. The fourth-order valence-electron chi connectivity index (χ4n) is 2.29. The number of benzene rings is 2. The molecule has 0 atom stereocenters. The van der Waals surface area contributed by atoms with Crippen LogP contribution in [-0.4, -0.2) is 35.7 Å². The highest BCUT2D eigenvalue weighted by molar-refractivity contribution is 7.89. The smallest absolute Gasteiger partial charge is 0.248 e. The average Bonchev–Trinajstić information content (AvgIpc) is 2.65. The predicted octanol–water partition coefficient (Wildman–Crippen LogP) is 2.01. The number of ether oxygens (including phenoxy) is 3. The third-order valence-corrected chi connectivity index (χ3v) is 4.50. The Kier molecular flexibility index (Phi) is 6.43. The highest BCUT2D eigenvalue weighted by Gasteiger charge is 2.16. The van der Waals surface area contributed by atoms with Gasteiger partial charge in [-0.15, -0.1) is 0 Å². The molecule has 0 aliphatic rings. The Bertz CT molecular complexity index is 970. The van der Waals surface area contributed by atoms with Crippen LogP contribution in [-0.2, 0) is 14.8 Å². The zero-order chi connectivity index (χ0) is 20.0. The van der Waals surface area contributed by atoms with E-state index in [1.54, 1.807) is 24.3 Å². The first-order chi connectivity index (χ1) is 12.8. The molecule has 0 heterocycles. The summed E-state index contributed by atoms with van der Waals surface area (Å²) in [4.78, 5) is 11.9. The Morgan fingerprint density at radius 2 is 1.59 bits per heavy atom. The molecule has 0 fully saturated rings. The molecule has 2 aromatic carbocycles. The van der Waals surface area contributed by atoms with E-state index in [9.17, 15) is 13.2 Å². The normalized spacial score (nSPS) is 11.3. The van der Waals surface area contributed by atoms with E-state index in [1.165, 1.54) is 45.6 Å². The fourth-order valence-corrected chi connectivity index (χ4v) is 3.01. The van der Waals surface area contributed by atoms with Crippen molar-refractivity contribution in [2.24, 2.45) is 5.14 Å². The van der Waals surface area contributed by atoms with E-state index < -0.39 is 15.9 Å². The molecule has 0 aromatic heterocycles. The second kappa shape index (κ2) is 8.56. The van der Waals surface area contributed by atoms with Gasteiger partial charge in [0.1, 0.15) is 10.6 Å². The molecule has 0 radical (unpaired) electrons. The molecule has 2 aromatic rings. The van der Waals surface area contributed by atoms with Gasteiger partial charge in [0.2, 0.25) is 15.9 Å². The third-order valence-electron chi connectivity index (χ3n) is 3.57. The summed E-state index contributed by atoms with van der Waals surface area (Å²) >= 11 is 0. The van der Waals surface area contributed by atoms with E-state index in [1.807, 2.05) is 0 Å². The van der Waals surface area contributed by atoms with Crippen LogP contribution in [0.25, 0.3) is 6.08 Å². The monoisotopic (exact) mass is 392 g/mol. The first-order valence-corrected chi connectivity index (χ1v) is 9.25. The molecule has 0 spiro atoms. The third kappa shape index (κ3) is 5.22. The number of rotatable bonds is 7. The van der Waals surface area contributed by atoms with Gasteiger partial charge in [-0.1, -0.05) is 6.07 Å². The van der Waals surface area contributed by atoms with Crippen molar-refractivity contribution in [2.75, 3.05) is 26.6 Å². The maximum Gasteiger partial charge on any atom is 0.248 e. The molecular formula is C18H20N2O6S. The van der Waals surface area contributed by atoms with Crippen LogP contribution in [0, 0.1) is 0 Å². The van der Waals surface area contributed by atoms with Gasteiger partial charge in [-0.25, -0.2) is 13.6 Å². The minimum Gasteiger partial charge on any atom is -0.495 e. The minimum absolute atomic E-state index is 0.0939. The molecular weight excluding hydrogens is 372 g/mol. The van der Waals surface area contributed by atoms with E-state index in [2.05, 4.69) is 5.32 Å². The second-order valence-corrected chi connectivity index (χ2v) is 6.88. The van der Waals surface area contributed by atoms with Crippen LogP contribution < -0.4 is 24.7 Å². The highest BCUT2D eigenvalue weighted by Crippen LogP contribution is 2.28. The lowest BCUT2D eigenvalue weighted by molar-refractivity contribution is -0.111. The summed E-state index contributed by atoms with van der Waals surface area (Å²) in [5, 5.41) is 7.73. The number of amides is 1. The van der Waals surface area contributed by atoms with Gasteiger partial charge in [0, 0.05) is 11.8 Å². The zero-order valence-corrected chi connectivity index (χ0v) is 15.9. The summed E-state index contributed by atoms with van der Waals surface area (Å²) in [6, 6.07) is 9.35. The summed E-state index contributed by atoms with van der Waals surface area (Å²) in [7, 11) is 0.386.